The van der Waals surface area contributed by atoms with Crippen molar-refractivity contribution in [1.82, 2.24) is 0 Å². The maximum Gasteiger partial charge on any atom is 0.248 e. The Hall–Kier alpha value is -2.41. The lowest BCUT2D eigenvalue weighted by atomic mass is 10.1. The minimum absolute atomic E-state index is 0.108. The SMILES string of the molecule is CC(CN)CCC(=O)Nc1cc(C(N)=O)cc(C(N)=O)c1. The summed E-state index contributed by atoms with van der Waals surface area (Å²) in [6.45, 7) is 2.46. The molecular formula is C14H20N4O3. The number of hydrogen-bond acceptors (Lipinski definition) is 4. The summed E-state index contributed by atoms with van der Waals surface area (Å²) in [5.41, 5.74) is 16.4. The predicted molar refractivity (Wildman–Crippen MR) is 79.6 cm³/mol. The van der Waals surface area contributed by atoms with Gasteiger partial charge < -0.3 is 22.5 Å². The molecule has 0 fully saturated rings. The molecule has 0 aliphatic heterocycles. The summed E-state index contributed by atoms with van der Waals surface area (Å²) >= 11 is 0. The molecule has 1 unspecified atom stereocenters. The molecule has 0 aliphatic carbocycles. The number of anilines is 1. The van der Waals surface area contributed by atoms with Gasteiger partial charge in [-0.2, -0.15) is 0 Å². The monoisotopic (exact) mass is 292 g/mol. The van der Waals surface area contributed by atoms with Crippen LogP contribution in [0, 0.1) is 5.92 Å². The first-order valence-electron chi connectivity index (χ1n) is 6.58. The van der Waals surface area contributed by atoms with E-state index in [9.17, 15) is 14.4 Å². The number of hydrogen-bond donors (Lipinski definition) is 4. The van der Waals surface area contributed by atoms with E-state index in [1.807, 2.05) is 6.92 Å². The Morgan fingerprint density at radius 2 is 1.62 bits per heavy atom. The Bertz CT molecular complexity index is 525. The average Bonchev–Trinajstić information content (AvgIpc) is 2.44. The lowest BCUT2D eigenvalue weighted by Gasteiger charge is -2.10. The fourth-order valence-electron chi connectivity index (χ4n) is 1.70. The standard InChI is InChI=1S/C14H20N4O3/c1-8(7-15)2-3-12(19)18-11-5-9(13(16)20)4-10(6-11)14(17)21/h4-6,8H,2-3,7,15H2,1H3,(H2,16,20)(H2,17,21)(H,18,19). The van der Waals surface area contributed by atoms with Crippen molar-refractivity contribution in [3.8, 4) is 0 Å². The quantitative estimate of drug-likeness (QED) is 0.569. The van der Waals surface area contributed by atoms with Gasteiger partial charge in [-0.1, -0.05) is 6.92 Å². The first-order chi connectivity index (χ1) is 9.83. The minimum Gasteiger partial charge on any atom is -0.366 e. The summed E-state index contributed by atoms with van der Waals surface area (Å²) in [4.78, 5) is 34.2. The highest BCUT2D eigenvalue weighted by Gasteiger charge is 2.11. The van der Waals surface area contributed by atoms with Crippen LogP contribution < -0.4 is 22.5 Å². The van der Waals surface area contributed by atoms with Crippen molar-refractivity contribution in [1.29, 1.82) is 0 Å². The molecule has 1 atom stereocenters. The Morgan fingerprint density at radius 1 is 1.10 bits per heavy atom. The van der Waals surface area contributed by atoms with Crippen LogP contribution in [0.3, 0.4) is 0 Å². The van der Waals surface area contributed by atoms with Crippen LogP contribution in [0.4, 0.5) is 5.69 Å². The molecule has 0 saturated heterocycles. The molecule has 0 aromatic heterocycles. The molecule has 0 radical (unpaired) electrons. The van der Waals surface area contributed by atoms with Gasteiger partial charge >= 0.3 is 0 Å². The third-order valence-corrected chi connectivity index (χ3v) is 3.05. The van der Waals surface area contributed by atoms with Crippen LogP contribution in [0.5, 0.6) is 0 Å². The molecule has 7 N–H and O–H groups in total. The molecule has 1 aromatic rings. The van der Waals surface area contributed by atoms with Crippen LogP contribution in [0.15, 0.2) is 18.2 Å². The Balaban J connectivity index is 2.84. The summed E-state index contributed by atoms with van der Waals surface area (Å²) in [6.07, 6.45) is 0.950. The molecular weight excluding hydrogens is 272 g/mol. The van der Waals surface area contributed by atoms with Crippen LogP contribution in [-0.4, -0.2) is 24.3 Å². The first kappa shape index (κ1) is 16.6. The maximum absolute atomic E-state index is 11.8. The lowest BCUT2D eigenvalue weighted by Crippen LogP contribution is -2.19. The van der Waals surface area contributed by atoms with E-state index >= 15 is 0 Å². The fraction of sp³-hybridized carbons (Fsp3) is 0.357. The van der Waals surface area contributed by atoms with Gasteiger partial charge in [0, 0.05) is 23.2 Å². The van der Waals surface area contributed by atoms with Gasteiger partial charge in [-0.25, -0.2) is 0 Å². The second kappa shape index (κ2) is 7.39. The number of amides is 3. The van der Waals surface area contributed by atoms with E-state index in [-0.39, 0.29) is 23.0 Å². The van der Waals surface area contributed by atoms with Crippen molar-refractivity contribution in [2.45, 2.75) is 19.8 Å². The summed E-state index contributed by atoms with van der Waals surface area (Å²) < 4.78 is 0. The van der Waals surface area contributed by atoms with E-state index in [4.69, 9.17) is 17.2 Å². The first-order valence-corrected chi connectivity index (χ1v) is 6.58. The van der Waals surface area contributed by atoms with Crippen LogP contribution in [-0.2, 0) is 4.79 Å². The van der Waals surface area contributed by atoms with E-state index in [1.165, 1.54) is 18.2 Å². The van der Waals surface area contributed by atoms with Crippen LogP contribution in [0.1, 0.15) is 40.5 Å². The summed E-state index contributed by atoms with van der Waals surface area (Å²) in [5, 5.41) is 2.62. The summed E-state index contributed by atoms with van der Waals surface area (Å²) in [6, 6.07) is 4.09. The molecule has 0 heterocycles. The Labute approximate surface area is 122 Å². The molecule has 114 valence electrons. The van der Waals surface area contributed by atoms with Crippen molar-refractivity contribution in [2.75, 3.05) is 11.9 Å². The van der Waals surface area contributed by atoms with Gasteiger partial charge in [-0.3, -0.25) is 14.4 Å². The molecule has 0 bridgehead atoms. The van der Waals surface area contributed by atoms with Crippen LogP contribution >= 0.6 is 0 Å². The highest BCUT2D eigenvalue weighted by molar-refractivity contribution is 6.01. The number of nitrogens with two attached hydrogens (primary N) is 3. The van der Waals surface area contributed by atoms with Gasteiger partial charge in [0.2, 0.25) is 17.7 Å². The summed E-state index contributed by atoms with van der Waals surface area (Å²) in [5.74, 6) is -1.39. The fourth-order valence-corrected chi connectivity index (χ4v) is 1.70. The molecule has 0 saturated carbocycles. The zero-order chi connectivity index (χ0) is 16.0. The topological polar surface area (TPSA) is 141 Å². The number of carbonyl (C=O) groups excluding carboxylic acids is 3. The molecule has 0 aliphatic rings. The normalized spacial score (nSPS) is 11.7. The van der Waals surface area contributed by atoms with Crippen molar-refractivity contribution < 1.29 is 14.4 Å². The number of rotatable bonds is 7. The average molecular weight is 292 g/mol. The second-order valence-electron chi connectivity index (χ2n) is 4.96. The highest BCUT2D eigenvalue weighted by Crippen LogP contribution is 2.16. The lowest BCUT2D eigenvalue weighted by molar-refractivity contribution is -0.116. The van der Waals surface area contributed by atoms with E-state index in [1.54, 1.807) is 0 Å². The third-order valence-electron chi connectivity index (χ3n) is 3.05. The van der Waals surface area contributed by atoms with Crippen molar-refractivity contribution >= 4 is 23.4 Å². The third kappa shape index (κ3) is 5.23. The van der Waals surface area contributed by atoms with Gasteiger partial charge in [0.05, 0.1) is 0 Å². The second-order valence-corrected chi connectivity index (χ2v) is 4.96. The maximum atomic E-state index is 11.8. The van der Waals surface area contributed by atoms with Crippen LogP contribution in [0.25, 0.3) is 0 Å². The molecule has 0 spiro atoms. The minimum atomic E-state index is -0.703. The van der Waals surface area contributed by atoms with Crippen molar-refractivity contribution in [2.24, 2.45) is 23.1 Å². The smallest absolute Gasteiger partial charge is 0.248 e. The zero-order valence-corrected chi connectivity index (χ0v) is 11.9. The van der Waals surface area contributed by atoms with Gasteiger partial charge in [0.15, 0.2) is 0 Å². The van der Waals surface area contributed by atoms with Gasteiger partial charge in [0.25, 0.3) is 0 Å². The molecule has 1 rings (SSSR count). The zero-order valence-electron chi connectivity index (χ0n) is 11.9. The molecule has 21 heavy (non-hydrogen) atoms. The van der Waals surface area contributed by atoms with Gasteiger partial charge in [0.1, 0.15) is 0 Å². The van der Waals surface area contributed by atoms with E-state index < -0.39 is 11.8 Å². The number of carbonyl (C=O) groups is 3. The Kier molecular flexibility index (Phi) is 5.86. The molecule has 7 heteroatoms. The largest absolute Gasteiger partial charge is 0.366 e. The highest BCUT2D eigenvalue weighted by atomic mass is 16.2. The predicted octanol–water partition coefficient (Wildman–Crippen LogP) is 0.198. The van der Waals surface area contributed by atoms with Gasteiger partial charge in [-0.05, 0) is 37.1 Å². The van der Waals surface area contributed by atoms with E-state index in [0.29, 0.717) is 25.1 Å². The van der Waals surface area contributed by atoms with Crippen LogP contribution in [0.2, 0.25) is 0 Å². The molecule has 3 amide bonds. The molecule has 7 nitrogen and oxygen atoms in total. The van der Waals surface area contributed by atoms with Crippen molar-refractivity contribution in [3.05, 3.63) is 29.3 Å². The van der Waals surface area contributed by atoms with E-state index in [0.717, 1.165) is 0 Å². The van der Waals surface area contributed by atoms with Gasteiger partial charge in [-0.15, -0.1) is 0 Å². The summed E-state index contributed by atoms with van der Waals surface area (Å²) in [7, 11) is 0. The Morgan fingerprint density at radius 3 is 2.05 bits per heavy atom. The number of nitrogens with one attached hydrogen (secondary N) is 1. The molecule has 1 aromatic carbocycles. The van der Waals surface area contributed by atoms with Crippen molar-refractivity contribution in [3.63, 3.8) is 0 Å². The van der Waals surface area contributed by atoms with E-state index in [2.05, 4.69) is 5.32 Å². The number of benzene rings is 1. The number of primary amides is 2.